The molecule has 3 nitrogen and oxygen atoms in total. The smallest absolute Gasteiger partial charge is 0.232 e. The van der Waals surface area contributed by atoms with Crippen LogP contribution in [-0.2, 0) is 4.79 Å². The molecule has 0 aromatic carbocycles. The van der Waals surface area contributed by atoms with Crippen LogP contribution in [0.25, 0.3) is 0 Å². The molecule has 0 bridgehead atoms. The van der Waals surface area contributed by atoms with Gasteiger partial charge in [-0.25, -0.2) is 0 Å². The van der Waals surface area contributed by atoms with Gasteiger partial charge in [-0.15, -0.1) is 12.4 Å². The van der Waals surface area contributed by atoms with Crippen LogP contribution in [0.5, 0.6) is 0 Å². The maximum atomic E-state index is 11.6. The lowest BCUT2D eigenvalue weighted by molar-refractivity contribution is -0.120. The maximum Gasteiger partial charge on any atom is 0.232 e. The molecule has 1 aliphatic rings. The fourth-order valence-electron chi connectivity index (χ4n) is 1.95. The molecule has 0 saturated heterocycles. The van der Waals surface area contributed by atoms with Crippen LogP contribution in [-0.4, -0.2) is 29.5 Å². The van der Waals surface area contributed by atoms with E-state index in [0.29, 0.717) is 6.54 Å². The summed E-state index contributed by atoms with van der Waals surface area (Å²) in [5, 5.41) is 2.98. The maximum absolute atomic E-state index is 11.6. The predicted octanol–water partition coefficient (Wildman–Crippen LogP) is 1.94. The van der Waals surface area contributed by atoms with Gasteiger partial charge >= 0.3 is 0 Å². The van der Waals surface area contributed by atoms with Crippen molar-refractivity contribution in [2.24, 2.45) is 5.73 Å². The zero-order chi connectivity index (χ0) is 11.3. The zero-order valence-corrected chi connectivity index (χ0v) is 11.8. The van der Waals surface area contributed by atoms with E-state index in [1.807, 2.05) is 13.2 Å². The number of rotatable bonds is 4. The van der Waals surface area contributed by atoms with Crippen LogP contribution in [0.4, 0.5) is 0 Å². The molecule has 5 heteroatoms. The molecule has 1 saturated carbocycles. The highest BCUT2D eigenvalue weighted by Crippen LogP contribution is 2.25. The minimum absolute atomic E-state index is 0. The summed E-state index contributed by atoms with van der Waals surface area (Å²) in [6.45, 7) is 2.56. The average Bonchev–Trinajstić information content (AvgIpc) is 2.26. The van der Waals surface area contributed by atoms with Crippen LogP contribution in [0, 0.1) is 0 Å². The molecule has 1 rings (SSSR count). The third-order valence-corrected chi connectivity index (χ3v) is 4.11. The Bertz CT molecular complexity index is 220. The number of nitrogens with one attached hydrogen (secondary N) is 1. The molecule has 3 N–H and O–H groups in total. The third-order valence-electron chi connectivity index (χ3n) is 3.19. The Kier molecular flexibility index (Phi) is 7.44. The van der Waals surface area contributed by atoms with Gasteiger partial charge in [-0.05, 0) is 26.0 Å². The Labute approximate surface area is 109 Å². The average molecular weight is 267 g/mol. The number of thioether (sulfide) groups is 1. The number of carbonyl (C=O) groups is 1. The van der Waals surface area contributed by atoms with Crippen LogP contribution in [0.3, 0.4) is 0 Å². The normalized spacial score (nSPS) is 20.7. The molecule has 1 unspecified atom stereocenters. The molecule has 1 fully saturated rings. The Morgan fingerprint density at radius 3 is 2.50 bits per heavy atom. The van der Waals surface area contributed by atoms with E-state index in [-0.39, 0.29) is 29.1 Å². The Balaban J connectivity index is 0.00000225. The molecule has 0 aromatic rings. The van der Waals surface area contributed by atoms with Gasteiger partial charge < -0.3 is 11.1 Å². The summed E-state index contributed by atoms with van der Waals surface area (Å²) in [5.74, 6) is 0.109. The lowest BCUT2D eigenvalue weighted by Crippen LogP contribution is -2.52. The number of carbonyl (C=O) groups excluding carboxylic acids is 1. The van der Waals surface area contributed by atoms with Gasteiger partial charge in [0, 0.05) is 12.1 Å². The van der Waals surface area contributed by atoms with Gasteiger partial charge in [0.2, 0.25) is 5.91 Å². The summed E-state index contributed by atoms with van der Waals surface area (Å²) < 4.78 is 0. The van der Waals surface area contributed by atoms with Crippen LogP contribution in [0.2, 0.25) is 0 Å². The van der Waals surface area contributed by atoms with E-state index in [1.165, 1.54) is 19.3 Å². The molecule has 0 heterocycles. The van der Waals surface area contributed by atoms with Gasteiger partial charge in [0.05, 0.1) is 5.25 Å². The van der Waals surface area contributed by atoms with E-state index < -0.39 is 0 Å². The summed E-state index contributed by atoms with van der Waals surface area (Å²) in [7, 11) is 0. The fourth-order valence-corrected chi connectivity index (χ4v) is 2.24. The van der Waals surface area contributed by atoms with E-state index in [0.717, 1.165) is 12.8 Å². The Hall–Kier alpha value is 0.0700. The third kappa shape index (κ3) is 4.93. The van der Waals surface area contributed by atoms with E-state index in [1.54, 1.807) is 11.8 Å². The molecule has 0 aromatic heterocycles. The molecular weight excluding hydrogens is 244 g/mol. The predicted molar refractivity (Wildman–Crippen MR) is 73.2 cm³/mol. The summed E-state index contributed by atoms with van der Waals surface area (Å²) in [4.78, 5) is 11.6. The van der Waals surface area contributed by atoms with Gasteiger partial charge in [-0.2, -0.15) is 11.8 Å². The minimum Gasteiger partial charge on any atom is -0.353 e. The highest BCUT2D eigenvalue weighted by Gasteiger charge is 2.28. The zero-order valence-electron chi connectivity index (χ0n) is 10.1. The number of hydrogen-bond acceptors (Lipinski definition) is 3. The standard InChI is InChI=1S/C11H22N2OS.ClH/c1-9(15-2)10(14)13-8-11(12)6-4-3-5-7-11;/h9H,3-8,12H2,1-2H3,(H,13,14);1H. The van der Waals surface area contributed by atoms with Crippen molar-refractivity contribution in [1.82, 2.24) is 5.32 Å². The lowest BCUT2D eigenvalue weighted by Gasteiger charge is -2.33. The number of amides is 1. The highest BCUT2D eigenvalue weighted by molar-refractivity contribution is 7.99. The topological polar surface area (TPSA) is 55.1 Å². The number of hydrogen-bond donors (Lipinski definition) is 2. The molecule has 0 spiro atoms. The lowest BCUT2D eigenvalue weighted by atomic mass is 9.82. The first kappa shape index (κ1) is 16.1. The second-order valence-electron chi connectivity index (χ2n) is 4.52. The molecule has 96 valence electrons. The monoisotopic (exact) mass is 266 g/mol. The highest BCUT2D eigenvalue weighted by atomic mass is 35.5. The molecule has 0 aliphatic heterocycles. The summed E-state index contributed by atoms with van der Waals surface area (Å²) in [5.41, 5.74) is 6.08. The summed E-state index contributed by atoms with van der Waals surface area (Å²) in [6, 6.07) is 0. The van der Waals surface area contributed by atoms with Gasteiger partial charge in [0.25, 0.3) is 0 Å². The first-order valence-electron chi connectivity index (χ1n) is 5.67. The van der Waals surface area contributed by atoms with E-state index >= 15 is 0 Å². The minimum atomic E-state index is -0.147. The number of halogens is 1. The molecule has 0 radical (unpaired) electrons. The summed E-state index contributed by atoms with van der Waals surface area (Å²) in [6.07, 6.45) is 7.72. The molecule has 1 aliphatic carbocycles. The number of nitrogens with two attached hydrogens (primary N) is 1. The fraction of sp³-hybridized carbons (Fsp3) is 0.909. The molecule has 1 atom stereocenters. The second-order valence-corrected chi connectivity index (χ2v) is 5.70. The van der Waals surface area contributed by atoms with Crippen molar-refractivity contribution >= 4 is 30.1 Å². The van der Waals surface area contributed by atoms with Crippen molar-refractivity contribution in [3.05, 3.63) is 0 Å². The van der Waals surface area contributed by atoms with Crippen molar-refractivity contribution in [3.8, 4) is 0 Å². The van der Waals surface area contributed by atoms with Crippen molar-refractivity contribution in [1.29, 1.82) is 0 Å². The quantitative estimate of drug-likeness (QED) is 0.818. The summed E-state index contributed by atoms with van der Waals surface area (Å²) >= 11 is 1.57. The van der Waals surface area contributed by atoms with Crippen LogP contribution < -0.4 is 11.1 Å². The first-order valence-corrected chi connectivity index (χ1v) is 6.95. The van der Waals surface area contributed by atoms with Crippen molar-refractivity contribution in [2.45, 2.75) is 49.8 Å². The van der Waals surface area contributed by atoms with Gasteiger partial charge in [0.1, 0.15) is 0 Å². The van der Waals surface area contributed by atoms with Gasteiger partial charge in [-0.3, -0.25) is 4.79 Å². The van der Waals surface area contributed by atoms with Crippen molar-refractivity contribution in [2.75, 3.05) is 12.8 Å². The van der Waals surface area contributed by atoms with Gasteiger partial charge in [-0.1, -0.05) is 19.3 Å². The van der Waals surface area contributed by atoms with Crippen LogP contribution in [0.15, 0.2) is 0 Å². The largest absolute Gasteiger partial charge is 0.353 e. The van der Waals surface area contributed by atoms with Crippen molar-refractivity contribution in [3.63, 3.8) is 0 Å². The Morgan fingerprint density at radius 1 is 1.44 bits per heavy atom. The van der Waals surface area contributed by atoms with Crippen LogP contribution >= 0.6 is 24.2 Å². The van der Waals surface area contributed by atoms with Crippen LogP contribution in [0.1, 0.15) is 39.0 Å². The molecule has 16 heavy (non-hydrogen) atoms. The molecular formula is C11H23ClN2OS. The van der Waals surface area contributed by atoms with Crippen molar-refractivity contribution < 1.29 is 4.79 Å². The van der Waals surface area contributed by atoms with E-state index in [4.69, 9.17) is 5.73 Å². The van der Waals surface area contributed by atoms with Gasteiger partial charge in [0.15, 0.2) is 0 Å². The SMILES string of the molecule is CSC(C)C(=O)NCC1(N)CCCCC1.Cl. The first-order chi connectivity index (χ1) is 7.07. The second kappa shape index (κ2) is 7.41. The van der Waals surface area contributed by atoms with E-state index in [2.05, 4.69) is 5.32 Å². The van der Waals surface area contributed by atoms with E-state index in [9.17, 15) is 4.79 Å². The molecule has 1 amide bonds. The Morgan fingerprint density at radius 2 is 2.00 bits per heavy atom.